The van der Waals surface area contributed by atoms with Crippen LogP contribution >= 0.6 is 0 Å². The Morgan fingerprint density at radius 3 is 2.20 bits per heavy atom. The molecule has 0 bridgehead atoms. The summed E-state index contributed by atoms with van der Waals surface area (Å²) in [6.07, 6.45) is 5.64. The summed E-state index contributed by atoms with van der Waals surface area (Å²) < 4.78 is 20.6. The van der Waals surface area contributed by atoms with Gasteiger partial charge in [0.1, 0.15) is 23.9 Å². The fraction of sp³-hybridized carbons (Fsp3) is 0.436. The number of carbonyl (C=O) groups is 3. The molecule has 11 nitrogen and oxygen atoms in total. The molecule has 0 radical (unpaired) electrons. The first kappa shape index (κ1) is 39.5. The average molecular weight is 687 g/mol. The van der Waals surface area contributed by atoms with Crippen molar-refractivity contribution in [3.63, 3.8) is 0 Å². The Morgan fingerprint density at radius 2 is 1.54 bits per heavy atom. The average Bonchev–Trinajstić information content (AvgIpc) is 3.10. The molecule has 4 rings (SSSR count). The molecule has 3 N–H and O–H groups in total. The molecule has 1 fully saturated rings. The van der Waals surface area contributed by atoms with E-state index in [1.165, 1.54) is 24.9 Å². The SMILES string of the molecule is CC(C)(C)OC(N)=O.N#C/C(=C\c1ccc2cc(N3CCCCC3)ccc2c1)C(=O)NCCOCCOCCOC(=O)CCc1ccccc1. The van der Waals surface area contributed by atoms with Crippen LogP contribution in [0.15, 0.2) is 72.3 Å². The Labute approximate surface area is 295 Å². The van der Waals surface area contributed by atoms with Crippen LogP contribution < -0.4 is 16.0 Å². The molecular weight excluding hydrogens is 636 g/mol. The predicted molar refractivity (Wildman–Crippen MR) is 194 cm³/mol. The van der Waals surface area contributed by atoms with E-state index in [0.29, 0.717) is 32.7 Å². The number of hydrogen-bond acceptors (Lipinski definition) is 9. The predicted octanol–water partition coefficient (Wildman–Crippen LogP) is 5.94. The Bertz CT molecular complexity index is 1590. The largest absolute Gasteiger partial charge is 0.463 e. The van der Waals surface area contributed by atoms with Gasteiger partial charge in [0.25, 0.3) is 5.91 Å². The third-order valence-corrected chi connectivity index (χ3v) is 7.51. The van der Waals surface area contributed by atoms with Gasteiger partial charge < -0.3 is 34.9 Å². The van der Waals surface area contributed by atoms with E-state index in [9.17, 15) is 19.6 Å². The highest BCUT2D eigenvalue weighted by Crippen LogP contribution is 2.26. The number of nitrogens with one attached hydrogen (secondary N) is 1. The maximum atomic E-state index is 12.5. The number of fused-ring (bicyclic) bond motifs is 1. The lowest BCUT2D eigenvalue weighted by Crippen LogP contribution is -2.29. The summed E-state index contributed by atoms with van der Waals surface area (Å²) in [5, 5.41) is 14.5. The van der Waals surface area contributed by atoms with Gasteiger partial charge in [-0.2, -0.15) is 5.26 Å². The van der Waals surface area contributed by atoms with Crippen molar-refractivity contribution in [1.82, 2.24) is 5.32 Å². The Morgan fingerprint density at radius 1 is 0.880 bits per heavy atom. The lowest BCUT2D eigenvalue weighted by Gasteiger charge is -2.29. The number of primary amides is 1. The molecular formula is C39H50N4O7. The first-order valence-corrected chi connectivity index (χ1v) is 17.1. The molecule has 1 aliphatic rings. The molecule has 0 saturated carbocycles. The van der Waals surface area contributed by atoms with Crippen molar-refractivity contribution >= 4 is 40.5 Å². The van der Waals surface area contributed by atoms with Crippen molar-refractivity contribution in [3.05, 3.63) is 83.4 Å². The van der Waals surface area contributed by atoms with E-state index in [2.05, 4.69) is 33.2 Å². The maximum absolute atomic E-state index is 12.5. The van der Waals surface area contributed by atoms with E-state index in [1.54, 1.807) is 26.8 Å². The number of aryl methyl sites for hydroxylation is 1. The van der Waals surface area contributed by atoms with E-state index in [0.717, 1.165) is 35.0 Å². The molecule has 3 aromatic rings. The van der Waals surface area contributed by atoms with Gasteiger partial charge in [-0.25, -0.2) is 4.79 Å². The van der Waals surface area contributed by atoms with Gasteiger partial charge in [0.15, 0.2) is 0 Å². The zero-order valence-electron chi connectivity index (χ0n) is 29.5. The van der Waals surface area contributed by atoms with Gasteiger partial charge in [-0.3, -0.25) is 9.59 Å². The molecule has 1 heterocycles. The van der Waals surface area contributed by atoms with Crippen molar-refractivity contribution in [2.45, 2.75) is 58.5 Å². The molecule has 0 aliphatic carbocycles. The van der Waals surface area contributed by atoms with E-state index in [1.807, 2.05) is 54.6 Å². The summed E-state index contributed by atoms with van der Waals surface area (Å²) in [7, 11) is 0. The molecule has 11 heteroatoms. The first-order chi connectivity index (χ1) is 24.0. The molecule has 268 valence electrons. The highest BCUT2D eigenvalue weighted by atomic mass is 16.6. The maximum Gasteiger partial charge on any atom is 0.405 e. The fourth-order valence-corrected chi connectivity index (χ4v) is 5.14. The molecule has 50 heavy (non-hydrogen) atoms. The Balaban J connectivity index is 0.000000753. The summed E-state index contributed by atoms with van der Waals surface area (Å²) >= 11 is 0. The minimum atomic E-state index is -0.725. The van der Waals surface area contributed by atoms with E-state index in [4.69, 9.17) is 19.9 Å². The number of nitrogens with two attached hydrogens (primary N) is 1. The third-order valence-electron chi connectivity index (χ3n) is 7.51. The van der Waals surface area contributed by atoms with Gasteiger partial charge in [0.05, 0.1) is 26.4 Å². The van der Waals surface area contributed by atoms with Crippen LogP contribution in [-0.4, -0.2) is 76.2 Å². The molecule has 0 unspecified atom stereocenters. The minimum absolute atomic E-state index is 0.0425. The third kappa shape index (κ3) is 15.5. The van der Waals surface area contributed by atoms with Crippen LogP contribution in [0, 0.1) is 11.3 Å². The second-order valence-corrected chi connectivity index (χ2v) is 12.7. The summed E-state index contributed by atoms with van der Waals surface area (Å²) in [5.74, 6) is -0.686. The minimum Gasteiger partial charge on any atom is -0.463 e. The smallest absolute Gasteiger partial charge is 0.405 e. The molecule has 1 aliphatic heterocycles. The number of carbonyl (C=O) groups excluding carboxylic acids is 3. The van der Waals surface area contributed by atoms with E-state index >= 15 is 0 Å². The molecule has 2 amide bonds. The van der Waals surface area contributed by atoms with Crippen molar-refractivity contribution in [3.8, 4) is 6.07 Å². The van der Waals surface area contributed by atoms with E-state index < -0.39 is 17.6 Å². The van der Waals surface area contributed by atoms with Crippen molar-refractivity contribution in [2.75, 3.05) is 57.6 Å². The van der Waals surface area contributed by atoms with Crippen molar-refractivity contribution < 1.29 is 33.3 Å². The van der Waals surface area contributed by atoms with Gasteiger partial charge in [-0.1, -0.05) is 48.5 Å². The number of nitriles is 1. The molecule has 0 spiro atoms. The number of piperidine rings is 1. The monoisotopic (exact) mass is 686 g/mol. The zero-order chi connectivity index (χ0) is 36.2. The summed E-state index contributed by atoms with van der Waals surface area (Å²) in [4.78, 5) is 36.8. The lowest BCUT2D eigenvalue weighted by atomic mass is 10.0. The number of rotatable bonds is 15. The number of ether oxygens (including phenoxy) is 4. The van der Waals surface area contributed by atoms with Crippen LogP contribution in [-0.2, 0) is 35.0 Å². The van der Waals surface area contributed by atoms with Crippen LogP contribution in [0.3, 0.4) is 0 Å². The number of esters is 1. The van der Waals surface area contributed by atoms with E-state index in [-0.39, 0.29) is 31.3 Å². The zero-order valence-corrected chi connectivity index (χ0v) is 29.5. The van der Waals surface area contributed by atoms with Crippen LogP contribution in [0.4, 0.5) is 10.5 Å². The van der Waals surface area contributed by atoms with Crippen molar-refractivity contribution in [1.29, 1.82) is 5.26 Å². The number of benzene rings is 3. The van der Waals surface area contributed by atoms with Crippen LogP contribution in [0.2, 0.25) is 0 Å². The second-order valence-electron chi connectivity index (χ2n) is 12.7. The van der Waals surface area contributed by atoms with Gasteiger partial charge >= 0.3 is 12.1 Å². The molecule has 3 aromatic carbocycles. The van der Waals surface area contributed by atoms with Crippen LogP contribution in [0.1, 0.15) is 57.6 Å². The van der Waals surface area contributed by atoms with Gasteiger partial charge in [0.2, 0.25) is 0 Å². The highest BCUT2D eigenvalue weighted by Gasteiger charge is 2.13. The number of amides is 2. The highest BCUT2D eigenvalue weighted by molar-refractivity contribution is 6.02. The lowest BCUT2D eigenvalue weighted by molar-refractivity contribution is -0.145. The Kier molecular flexibility index (Phi) is 16.8. The van der Waals surface area contributed by atoms with Gasteiger partial charge in [0, 0.05) is 31.7 Å². The number of anilines is 1. The first-order valence-electron chi connectivity index (χ1n) is 17.1. The molecule has 1 saturated heterocycles. The fourth-order valence-electron chi connectivity index (χ4n) is 5.14. The summed E-state index contributed by atoms with van der Waals surface area (Å²) in [6.45, 7) is 9.22. The van der Waals surface area contributed by atoms with Crippen LogP contribution in [0.5, 0.6) is 0 Å². The topological polar surface area (TPSA) is 153 Å². The number of hydrogen-bond donors (Lipinski definition) is 2. The van der Waals surface area contributed by atoms with Gasteiger partial charge in [-0.15, -0.1) is 0 Å². The van der Waals surface area contributed by atoms with Gasteiger partial charge in [-0.05, 0) is 92.6 Å². The second kappa shape index (κ2) is 21.2. The standard InChI is InChI=1S/C34H39N3O5.C5H11NO2/c35-26-31(24-28-9-11-30-25-32(13-12-29(30)23-28)37-16-5-2-6-17-37)34(39)36-15-18-40-19-20-41-21-22-42-33(38)14-10-27-7-3-1-4-8-27;1-5(2,3)8-4(6)7/h1,3-4,7-9,11-13,23-25H,2,5-6,10,14-22H2,(H,36,39);1-3H3,(H2,6,7)/b31-24+;. The number of nitrogens with zero attached hydrogens (tertiary/aromatic N) is 2. The molecule has 0 atom stereocenters. The normalized spacial score (nSPS) is 13.1. The summed E-state index contributed by atoms with van der Waals surface area (Å²) in [5.41, 5.74) is 7.45. The Hall–Kier alpha value is -4.92. The molecule has 0 aromatic heterocycles. The quantitative estimate of drug-likeness (QED) is 0.0856. The summed E-state index contributed by atoms with van der Waals surface area (Å²) in [6, 6.07) is 24.2. The van der Waals surface area contributed by atoms with Crippen molar-refractivity contribution in [2.24, 2.45) is 5.73 Å². The van der Waals surface area contributed by atoms with Crippen LogP contribution in [0.25, 0.3) is 16.8 Å².